The van der Waals surface area contributed by atoms with E-state index >= 15 is 0 Å². The van der Waals surface area contributed by atoms with Crippen LogP contribution in [0.1, 0.15) is 43.2 Å². The minimum atomic E-state index is 0.309. The summed E-state index contributed by atoms with van der Waals surface area (Å²) in [5.41, 5.74) is 3.85. The maximum Gasteiger partial charge on any atom is 0.142 e. The third-order valence-corrected chi connectivity index (χ3v) is 4.02. The largest absolute Gasteiger partial charge is 0.396 e. The van der Waals surface area contributed by atoms with Gasteiger partial charge in [0.25, 0.3) is 0 Å². The van der Waals surface area contributed by atoms with Gasteiger partial charge in [-0.05, 0) is 55.0 Å². The first kappa shape index (κ1) is 15.8. The van der Waals surface area contributed by atoms with Crippen molar-refractivity contribution >= 4 is 18.0 Å². The number of carbonyl (C=O) groups is 1. The molecule has 0 atom stereocenters. The topological polar surface area (TPSA) is 40.5 Å². The molecule has 21 heavy (non-hydrogen) atoms. The molecule has 114 valence electrons. The van der Waals surface area contributed by atoms with Crippen molar-refractivity contribution in [3.8, 4) is 0 Å². The van der Waals surface area contributed by atoms with E-state index in [1.54, 1.807) is 6.08 Å². The van der Waals surface area contributed by atoms with Crippen molar-refractivity contribution in [3.05, 3.63) is 35.4 Å². The number of nitrogens with zero attached hydrogens (tertiary/aromatic N) is 1. The molecular weight excluding hydrogens is 262 g/mol. The van der Waals surface area contributed by atoms with Crippen LogP contribution in [-0.4, -0.2) is 31.1 Å². The van der Waals surface area contributed by atoms with Crippen LogP contribution in [0.25, 0.3) is 6.08 Å². The van der Waals surface area contributed by atoms with Gasteiger partial charge in [-0.25, -0.2) is 0 Å². The number of hydrogen-bond acceptors (Lipinski definition) is 3. The zero-order valence-corrected chi connectivity index (χ0v) is 12.6. The highest BCUT2D eigenvalue weighted by Crippen LogP contribution is 2.28. The van der Waals surface area contributed by atoms with Gasteiger partial charge in [-0.15, -0.1) is 0 Å². The van der Waals surface area contributed by atoms with Gasteiger partial charge < -0.3 is 10.0 Å². The van der Waals surface area contributed by atoms with Crippen LogP contribution in [0.4, 0.5) is 5.69 Å². The number of unbranched alkanes of at least 4 members (excludes halogenated alkanes) is 3. The zero-order valence-electron chi connectivity index (χ0n) is 12.6. The summed E-state index contributed by atoms with van der Waals surface area (Å²) in [6.45, 7) is 2.54. The molecule has 3 nitrogen and oxygen atoms in total. The van der Waals surface area contributed by atoms with Gasteiger partial charge in [-0.2, -0.15) is 0 Å². The number of rotatable bonds is 8. The number of aldehydes is 1. The second-order valence-electron chi connectivity index (χ2n) is 5.61. The standard InChI is InChI=1S/C18H25NO2/c20-13-4-2-1-3-11-19-12-5-8-17-15-16(7-6-14-21)9-10-18(17)19/h6-7,9-10,14-15,20H,1-5,8,11-13H2. The van der Waals surface area contributed by atoms with Gasteiger partial charge in [0.05, 0.1) is 0 Å². The molecule has 0 saturated carbocycles. The van der Waals surface area contributed by atoms with Crippen molar-refractivity contribution in [2.75, 3.05) is 24.6 Å². The van der Waals surface area contributed by atoms with Gasteiger partial charge in [0.1, 0.15) is 6.29 Å². The Labute approximate surface area is 127 Å². The van der Waals surface area contributed by atoms with E-state index in [1.165, 1.54) is 30.5 Å². The number of aliphatic hydroxyl groups is 1. The highest BCUT2D eigenvalue weighted by atomic mass is 16.2. The number of carbonyl (C=O) groups excluding carboxylic acids is 1. The summed E-state index contributed by atoms with van der Waals surface area (Å²) < 4.78 is 0. The highest BCUT2D eigenvalue weighted by molar-refractivity contribution is 5.74. The molecule has 1 aliphatic rings. The van der Waals surface area contributed by atoms with Gasteiger partial charge in [0, 0.05) is 25.4 Å². The average Bonchev–Trinajstić information content (AvgIpc) is 2.52. The Morgan fingerprint density at radius 3 is 2.86 bits per heavy atom. The Kier molecular flexibility index (Phi) is 6.48. The SMILES string of the molecule is O=CC=Cc1ccc2c(c1)CCCN2CCCCCCO. The predicted octanol–water partition coefficient (Wildman–Crippen LogP) is 3.20. The van der Waals surface area contributed by atoms with Gasteiger partial charge in [0.15, 0.2) is 0 Å². The molecule has 0 aromatic heterocycles. The molecule has 0 amide bonds. The molecule has 1 aliphatic heterocycles. The van der Waals surface area contributed by atoms with Gasteiger partial charge >= 0.3 is 0 Å². The molecule has 1 aromatic carbocycles. The van der Waals surface area contributed by atoms with E-state index in [0.717, 1.165) is 44.2 Å². The summed E-state index contributed by atoms with van der Waals surface area (Å²) in [6, 6.07) is 6.48. The first-order valence-corrected chi connectivity index (χ1v) is 7.95. The molecule has 0 radical (unpaired) electrons. The Morgan fingerprint density at radius 2 is 2.05 bits per heavy atom. The summed E-state index contributed by atoms with van der Waals surface area (Å²) in [7, 11) is 0. The van der Waals surface area contributed by atoms with Gasteiger partial charge in [-0.1, -0.05) is 25.0 Å². The summed E-state index contributed by atoms with van der Waals surface area (Å²) in [5, 5.41) is 8.79. The lowest BCUT2D eigenvalue weighted by atomic mass is 9.98. The fourth-order valence-electron chi connectivity index (χ4n) is 2.95. The van der Waals surface area contributed by atoms with Crippen LogP contribution < -0.4 is 4.90 Å². The second-order valence-corrected chi connectivity index (χ2v) is 5.61. The van der Waals surface area contributed by atoms with E-state index in [9.17, 15) is 4.79 Å². The predicted molar refractivity (Wildman–Crippen MR) is 87.6 cm³/mol. The van der Waals surface area contributed by atoms with Crippen molar-refractivity contribution in [1.82, 2.24) is 0 Å². The molecule has 3 heteroatoms. The first-order valence-electron chi connectivity index (χ1n) is 7.95. The summed E-state index contributed by atoms with van der Waals surface area (Å²) in [6.07, 6.45) is 11.0. The van der Waals surface area contributed by atoms with E-state index in [4.69, 9.17) is 5.11 Å². The molecule has 0 aliphatic carbocycles. The van der Waals surface area contributed by atoms with Crippen LogP contribution in [0.2, 0.25) is 0 Å². The van der Waals surface area contributed by atoms with E-state index in [2.05, 4.69) is 23.1 Å². The Hall–Kier alpha value is -1.61. The zero-order chi connectivity index (χ0) is 14.9. The van der Waals surface area contributed by atoms with E-state index < -0.39 is 0 Å². The van der Waals surface area contributed by atoms with Crippen molar-refractivity contribution in [3.63, 3.8) is 0 Å². The number of hydrogen-bond donors (Lipinski definition) is 1. The maximum atomic E-state index is 10.4. The molecule has 0 saturated heterocycles. The number of benzene rings is 1. The van der Waals surface area contributed by atoms with Crippen LogP contribution in [0.5, 0.6) is 0 Å². The minimum absolute atomic E-state index is 0.309. The van der Waals surface area contributed by atoms with Gasteiger partial charge in [0.2, 0.25) is 0 Å². The first-order chi connectivity index (χ1) is 10.3. The van der Waals surface area contributed by atoms with Crippen molar-refractivity contribution < 1.29 is 9.90 Å². The molecule has 1 N–H and O–H groups in total. The normalized spacial score (nSPS) is 14.4. The lowest BCUT2D eigenvalue weighted by molar-refractivity contribution is -0.104. The quantitative estimate of drug-likeness (QED) is 0.453. The number of aryl methyl sites for hydroxylation is 1. The van der Waals surface area contributed by atoms with Crippen LogP contribution in [0.3, 0.4) is 0 Å². The molecular formula is C18H25NO2. The molecule has 0 spiro atoms. The molecule has 0 fully saturated rings. The lowest BCUT2D eigenvalue weighted by Crippen LogP contribution is -2.30. The third-order valence-electron chi connectivity index (χ3n) is 4.02. The second kappa shape index (κ2) is 8.63. The van der Waals surface area contributed by atoms with Crippen LogP contribution in [0.15, 0.2) is 24.3 Å². The average molecular weight is 287 g/mol. The Bertz CT molecular complexity index is 482. The van der Waals surface area contributed by atoms with E-state index in [1.807, 2.05) is 6.08 Å². The summed E-state index contributed by atoms with van der Waals surface area (Å²) >= 11 is 0. The minimum Gasteiger partial charge on any atom is -0.396 e. The van der Waals surface area contributed by atoms with E-state index in [0.29, 0.717) is 6.61 Å². The monoisotopic (exact) mass is 287 g/mol. The Morgan fingerprint density at radius 1 is 1.19 bits per heavy atom. The van der Waals surface area contributed by atoms with Crippen LogP contribution in [0, 0.1) is 0 Å². The van der Waals surface area contributed by atoms with Gasteiger partial charge in [-0.3, -0.25) is 4.79 Å². The Balaban J connectivity index is 1.95. The number of anilines is 1. The van der Waals surface area contributed by atoms with E-state index in [-0.39, 0.29) is 0 Å². The van der Waals surface area contributed by atoms with Crippen molar-refractivity contribution in [2.45, 2.75) is 38.5 Å². The fraction of sp³-hybridized carbons (Fsp3) is 0.500. The van der Waals surface area contributed by atoms with Crippen LogP contribution in [-0.2, 0) is 11.2 Å². The van der Waals surface area contributed by atoms with Crippen molar-refractivity contribution in [2.24, 2.45) is 0 Å². The summed E-state index contributed by atoms with van der Waals surface area (Å²) in [4.78, 5) is 12.9. The molecule has 2 rings (SSSR count). The molecule has 1 heterocycles. The summed E-state index contributed by atoms with van der Waals surface area (Å²) in [5.74, 6) is 0. The lowest BCUT2D eigenvalue weighted by Gasteiger charge is -2.31. The number of allylic oxidation sites excluding steroid dienone is 1. The number of aliphatic hydroxyl groups excluding tert-OH is 1. The smallest absolute Gasteiger partial charge is 0.142 e. The third kappa shape index (κ3) is 4.71. The van der Waals surface area contributed by atoms with Crippen LogP contribution >= 0.6 is 0 Å². The highest BCUT2D eigenvalue weighted by Gasteiger charge is 2.16. The fourth-order valence-corrected chi connectivity index (χ4v) is 2.95. The maximum absolute atomic E-state index is 10.4. The number of fused-ring (bicyclic) bond motifs is 1. The molecule has 0 bridgehead atoms. The molecule has 0 unspecified atom stereocenters. The molecule has 1 aromatic rings. The van der Waals surface area contributed by atoms with Crippen molar-refractivity contribution in [1.29, 1.82) is 0 Å².